The third kappa shape index (κ3) is 2.72. The molecule has 1 aliphatic heterocycles. The van der Waals surface area contributed by atoms with Gasteiger partial charge in [-0.1, -0.05) is 19.1 Å². The van der Waals surface area contributed by atoms with Gasteiger partial charge in [0.15, 0.2) is 0 Å². The van der Waals surface area contributed by atoms with E-state index in [1.807, 2.05) is 6.07 Å². The number of sulfonamides is 1. The fourth-order valence-corrected chi connectivity index (χ4v) is 4.45. The monoisotopic (exact) mass is 317 g/mol. The summed E-state index contributed by atoms with van der Waals surface area (Å²) in [5.41, 5.74) is 0. The van der Waals surface area contributed by atoms with Crippen LogP contribution in [0, 0.1) is 5.92 Å². The highest BCUT2D eigenvalue weighted by Gasteiger charge is 2.29. The van der Waals surface area contributed by atoms with Crippen molar-refractivity contribution in [2.24, 2.45) is 5.92 Å². The molecule has 1 aromatic rings. The summed E-state index contributed by atoms with van der Waals surface area (Å²) in [6, 6.07) is 6.99. The number of halogens is 1. The number of rotatable bonds is 2. The molecule has 1 aromatic carbocycles. The van der Waals surface area contributed by atoms with Crippen molar-refractivity contribution < 1.29 is 8.42 Å². The van der Waals surface area contributed by atoms with Crippen molar-refractivity contribution in [1.29, 1.82) is 0 Å². The van der Waals surface area contributed by atoms with Crippen LogP contribution in [-0.2, 0) is 10.0 Å². The predicted molar refractivity (Wildman–Crippen MR) is 71.3 cm³/mol. The molecule has 0 N–H and O–H groups in total. The molecule has 1 aliphatic rings. The molecule has 1 fully saturated rings. The number of piperidine rings is 1. The molecule has 0 aromatic heterocycles. The van der Waals surface area contributed by atoms with E-state index >= 15 is 0 Å². The fraction of sp³-hybridized carbons (Fsp3) is 0.500. The summed E-state index contributed by atoms with van der Waals surface area (Å²) in [6.45, 7) is 3.43. The van der Waals surface area contributed by atoms with E-state index in [4.69, 9.17) is 0 Å². The lowest BCUT2D eigenvalue weighted by Gasteiger charge is -2.29. The average Bonchev–Trinajstić information content (AvgIpc) is 2.30. The van der Waals surface area contributed by atoms with Gasteiger partial charge in [0.05, 0.1) is 4.90 Å². The van der Waals surface area contributed by atoms with Crippen LogP contribution >= 0.6 is 15.9 Å². The number of hydrogen-bond donors (Lipinski definition) is 0. The molecule has 94 valence electrons. The fourth-order valence-electron chi connectivity index (χ4n) is 2.02. The van der Waals surface area contributed by atoms with Crippen LogP contribution < -0.4 is 0 Å². The molecular weight excluding hydrogens is 302 g/mol. The van der Waals surface area contributed by atoms with Crippen molar-refractivity contribution in [3.8, 4) is 0 Å². The topological polar surface area (TPSA) is 37.4 Å². The van der Waals surface area contributed by atoms with Crippen molar-refractivity contribution in [3.05, 3.63) is 28.7 Å². The Morgan fingerprint density at radius 3 is 2.41 bits per heavy atom. The van der Waals surface area contributed by atoms with E-state index in [9.17, 15) is 8.42 Å². The lowest BCUT2D eigenvalue weighted by Crippen LogP contribution is -2.37. The maximum atomic E-state index is 12.4. The molecule has 0 atom stereocenters. The third-order valence-corrected chi connectivity index (χ3v) is 6.11. The van der Waals surface area contributed by atoms with Gasteiger partial charge in [0.2, 0.25) is 10.0 Å². The summed E-state index contributed by atoms with van der Waals surface area (Å²) in [5.74, 6) is 0.626. The summed E-state index contributed by atoms with van der Waals surface area (Å²) in [7, 11) is -3.33. The van der Waals surface area contributed by atoms with E-state index in [-0.39, 0.29) is 0 Å². The Hall–Kier alpha value is -0.390. The highest BCUT2D eigenvalue weighted by molar-refractivity contribution is 9.10. The first-order valence-electron chi connectivity index (χ1n) is 5.76. The first kappa shape index (κ1) is 13.1. The molecule has 0 saturated carbocycles. The van der Waals surface area contributed by atoms with Crippen LogP contribution in [0.2, 0.25) is 0 Å². The van der Waals surface area contributed by atoms with E-state index in [1.165, 1.54) is 0 Å². The second-order valence-corrected chi connectivity index (χ2v) is 7.28. The van der Waals surface area contributed by atoms with Crippen LogP contribution in [0.5, 0.6) is 0 Å². The van der Waals surface area contributed by atoms with Crippen molar-refractivity contribution >= 4 is 26.0 Å². The van der Waals surface area contributed by atoms with E-state index < -0.39 is 10.0 Å². The lowest BCUT2D eigenvalue weighted by molar-refractivity contribution is 0.288. The summed E-state index contributed by atoms with van der Waals surface area (Å²) in [6.07, 6.45) is 1.90. The molecule has 0 unspecified atom stereocenters. The molecule has 0 bridgehead atoms. The van der Waals surface area contributed by atoms with E-state index in [0.717, 1.165) is 12.8 Å². The quantitative estimate of drug-likeness (QED) is 0.841. The average molecular weight is 318 g/mol. The van der Waals surface area contributed by atoms with Gasteiger partial charge in [0, 0.05) is 17.6 Å². The van der Waals surface area contributed by atoms with Crippen molar-refractivity contribution in [2.45, 2.75) is 24.7 Å². The van der Waals surface area contributed by atoms with Gasteiger partial charge in [-0.3, -0.25) is 0 Å². The second-order valence-electron chi connectivity index (χ2n) is 4.52. The molecule has 0 amide bonds. The first-order valence-corrected chi connectivity index (χ1v) is 8.00. The molecular formula is C12H16BrNO2S. The Kier molecular flexibility index (Phi) is 3.90. The van der Waals surface area contributed by atoms with Gasteiger partial charge in [0.25, 0.3) is 0 Å². The van der Waals surface area contributed by atoms with Gasteiger partial charge in [-0.05, 0) is 46.8 Å². The van der Waals surface area contributed by atoms with E-state index in [2.05, 4.69) is 22.9 Å². The van der Waals surface area contributed by atoms with Gasteiger partial charge >= 0.3 is 0 Å². The zero-order chi connectivity index (χ0) is 12.5. The first-order chi connectivity index (χ1) is 8.01. The summed E-state index contributed by atoms with van der Waals surface area (Å²) in [4.78, 5) is 0.370. The minimum atomic E-state index is -3.33. The predicted octanol–water partition coefficient (Wildman–Crippen LogP) is 2.87. The molecule has 1 saturated heterocycles. The Morgan fingerprint density at radius 2 is 1.82 bits per heavy atom. The van der Waals surface area contributed by atoms with Crippen LogP contribution in [-0.4, -0.2) is 25.8 Å². The Morgan fingerprint density at radius 1 is 1.24 bits per heavy atom. The van der Waals surface area contributed by atoms with E-state index in [1.54, 1.807) is 22.5 Å². The maximum absolute atomic E-state index is 12.4. The Bertz CT molecular complexity index is 493. The normalized spacial score (nSPS) is 19.4. The van der Waals surface area contributed by atoms with Crippen LogP contribution in [0.15, 0.2) is 33.6 Å². The highest BCUT2D eigenvalue weighted by Crippen LogP contribution is 2.27. The summed E-state index contributed by atoms with van der Waals surface area (Å²) in [5, 5.41) is 0. The summed E-state index contributed by atoms with van der Waals surface area (Å²) < 4.78 is 27.0. The van der Waals surface area contributed by atoms with Gasteiger partial charge in [-0.2, -0.15) is 4.31 Å². The van der Waals surface area contributed by atoms with Gasteiger partial charge in [-0.15, -0.1) is 0 Å². The highest BCUT2D eigenvalue weighted by atomic mass is 79.9. The Labute approximate surface area is 111 Å². The Balaban J connectivity index is 2.28. The molecule has 0 radical (unpaired) electrons. The minimum Gasteiger partial charge on any atom is -0.207 e. The second kappa shape index (κ2) is 5.08. The maximum Gasteiger partial charge on any atom is 0.244 e. The molecule has 0 spiro atoms. The molecule has 2 rings (SSSR count). The standard InChI is InChI=1S/C12H16BrNO2S/c1-10-6-8-14(9-7-10)17(15,16)12-5-3-2-4-11(12)13/h2-5,10H,6-9H2,1H3. The van der Waals surface area contributed by atoms with Gasteiger partial charge in [0.1, 0.15) is 0 Å². The molecule has 3 nitrogen and oxygen atoms in total. The van der Waals surface area contributed by atoms with Crippen LogP contribution in [0.4, 0.5) is 0 Å². The SMILES string of the molecule is CC1CCN(S(=O)(=O)c2ccccc2Br)CC1. The summed E-state index contributed by atoms with van der Waals surface area (Å²) >= 11 is 3.30. The van der Waals surface area contributed by atoms with Crippen LogP contribution in [0.25, 0.3) is 0 Å². The minimum absolute atomic E-state index is 0.370. The molecule has 17 heavy (non-hydrogen) atoms. The molecule has 1 heterocycles. The van der Waals surface area contributed by atoms with Gasteiger partial charge < -0.3 is 0 Å². The molecule has 0 aliphatic carbocycles. The third-order valence-electron chi connectivity index (χ3n) is 3.20. The largest absolute Gasteiger partial charge is 0.244 e. The van der Waals surface area contributed by atoms with Crippen molar-refractivity contribution in [1.82, 2.24) is 4.31 Å². The number of hydrogen-bond acceptors (Lipinski definition) is 2. The number of benzene rings is 1. The lowest BCUT2D eigenvalue weighted by atomic mass is 10.0. The van der Waals surface area contributed by atoms with Gasteiger partial charge in [-0.25, -0.2) is 8.42 Å². The van der Waals surface area contributed by atoms with E-state index in [0.29, 0.717) is 28.4 Å². The van der Waals surface area contributed by atoms with Crippen LogP contribution in [0.1, 0.15) is 19.8 Å². The zero-order valence-corrected chi connectivity index (χ0v) is 12.2. The zero-order valence-electron chi connectivity index (χ0n) is 9.77. The smallest absolute Gasteiger partial charge is 0.207 e. The molecule has 5 heteroatoms. The number of nitrogens with zero attached hydrogens (tertiary/aromatic N) is 1. The van der Waals surface area contributed by atoms with Crippen molar-refractivity contribution in [3.63, 3.8) is 0 Å². The van der Waals surface area contributed by atoms with Crippen LogP contribution in [0.3, 0.4) is 0 Å². The van der Waals surface area contributed by atoms with Crippen molar-refractivity contribution in [2.75, 3.05) is 13.1 Å².